The molecule has 3 rings (SSSR count). The Labute approximate surface area is 151 Å². The van der Waals surface area contributed by atoms with E-state index in [0.717, 1.165) is 11.1 Å². The largest absolute Gasteiger partial charge is 0.355 e. The summed E-state index contributed by atoms with van der Waals surface area (Å²) in [7, 11) is -3.44. The molecule has 2 aromatic carbocycles. The van der Waals surface area contributed by atoms with Crippen LogP contribution in [0.4, 0.5) is 0 Å². The maximum absolute atomic E-state index is 12.2. The van der Waals surface area contributed by atoms with Crippen LogP contribution in [0.3, 0.4) is 0 Å². The molecule has 0 atom stereocenters. The molecular formula is C19H18N2O4S. The van der Waals surface area contributed by atoms with Crippen LogP contribution in [0.1, 0.15) is 16.1 Å². The van der Waals surface area contributed by atoms with E-state index in [1.165, 1.54) is 18.2 Å². The first-order valence-electron chi connectivity index (χ1n) is 8.05. The first-order chi connectivity index (χ1) is 12.5. The number of amides is 1. The summed E-state index contributed by atoms with van der Waals surface area (Å²) in [5.74, 6) is -0.187. The van der Waals surface area contributed by atoms with Crippen molar-refractivity contribution in [1.29, 1.82) is 0 Å². The average molecular weight is 370 g/mol. The molecule has 3 aromatic rings. The predicted molar refractivity (Wildman–Crippen MR) is 97.5 cm³/mol. The van der Waals surface area contributed by atoms with Crippen LogP contribution >= 0.6 is 0 Å². The highest BCUT2D eigenvalue weighted by molar-refractivity contribution is 7.91. The van der Waals surface area contributed by atoms with E-state index in [4.69, 9.17) is 4.52 Å². The Kier molecular flexibility index (Phi) is 5.18. The predicted octanol–water partition coefficient (Wildman–Crippen LogP) is 2.85. The van der Waals surface area contributed by atoms with Gasteiger partial charge in [-0.3, -0.25) is 4.79 Å². The Morgan fingerprint density at radius 3 is 2.46 bits per heavy atom. The fourth-order valence-electron chi connectivity index (χ4n) is 2.37. The Morgan fingerprint density at radius 1 is 1.08 bits per heavy atom. The van der Waals surface area contributed by atoms with E-state index in [2.05, 4.69) is 10.5 Å². The monoisotopic (exact) mass is 370 g/mol. The second-order valence-electron chi connectivity index (χ2n) is 5.83. The quantitative estimate of drug-likeness (QED) is 0.721. The molecule has 1 amide bonds. The van der Waals surface area contributed by atoms with Crippen molar-refractivity contribution in [3.8, 4) is 11.3 Å². The van der Waals surface area contributed by atoms with Crippen LogP contribution in [0.2, 0.25) is 0 Å². The third-order valence-corrected chi connectivity index (χ3v) is 5.57. The third-order valence-electron chi connectivity index (χ3n) is 3.84. The van der Waals surface area contributed by atoms with Gasteiger partial charge in [-0.15, -0.1) is 0 Å². The molecule has 1 N–H and O–H groups in total. The molecule has 0 aliphatic heterocycles. The van der Waals surface area contributed by atoms with Gasteiger partial charge >= 0.3 is 0 Å². The van der Waals surface area contributed by atoms with Gasteiger partial charge in [0.1, 0.15) is 0 Å². The Bertz CT molecular complexity index is 994. The molecule has 0 fully saturated rings. The fraction of sp³-hybridized carbons (Fsp3) is 0.158. The summed E-state index contributed by atoms with van der Waals surface area (Å²) in [6.07, 6.45) is 0. The first kappa shape index (κ1) is 17.9. The maximum atomic E-state index is 12.2. The standard InChI is InChI=1S/C19H18N2O4S/c1-14-7-9-15(10-8-14)18-13-17(21-25-18)19(22)20-11-12-26(23,24)16-5-3-2-4-6-16/h2-10,13H,11-12H2,1H3,(H,20,22). The van der Waals surface area contributed by atoms with Gasteiger partial charge < -0.3 is 9.84 Å². The SMILES string of the molecule is Cc1ccc(-c2cc(C(=O)NCCS(=O)(=O)c3ccccc3)no2)cc1. The van der Waals surface area contributed by atoms with Crippen molar-refractivity contribution >= 4 is 15.7 Å². The molecule has 0 bridgehead atoms. The van der Waals surface area contributed by atoms with Crippen molar-refractivity contribution in [3.05, 3.63) is 71.9 Å². The molecule has 0 aliphatic carbocycles. The number of aryl methyl sites for hydroxylation is 1. The average Bonchev–Trinajstić information content (AvgIpc) is 3.13. The van der Waals surface area contributed by atoms with Crippen molar-refractivity contribution in [1.82, 2.24) is 10.5 Å². The molecule has 1 heterocycles. The number of nitrogens with zero attached hydrogens (tertiary/aromatic N) is 1. The lowest BCUT2D eigenvalue weighted by Gasteiger charge is -2.05. The summed E-state index contributed by atoms with van der Waals surface area (Å²) < 4.78 is 29.6. The minimum Gasteiger partial charge on any atom is -0.355 e. The first-order valence-corrected chi connectivity index (χ1v) is 9.71. The fourth-order valence-corrected chi connectivity index (χ4v) is 3.55. The second-order valence-corrected chi connectivity index (χ2v) is 7.94. The van der Waals surface area contributed by atoms with Gasteiger partial charge in [0.05, 0.1) is 10.6 Å². The van der Waals surface area contributed by atoms with E-state index in [1.54, 1.807) is 18.2 Å². The zero-order valence-electron chi connectivity index (χ0n) is 14.2. The Hall–Kier alpha value is -2.93. The summed E-state index contributed by atoms with van der Waals surface area (Å²) in [5, 5.41) is 6.31. The third kappa shape index (κ3) is 4.18. The molecular weight excluding hydrogens is 352 g/mol. The van der Waals surface area contributed by atoms with Crippen molar-refractivity contribution in [2.24, 2.45) is 0 Å². The minimum absolute atomic E-state index is 0.0111. The van der Waals surface area contributed by atoms with Crippen LogP contribution in [0.5, 0.6) is 0 Å². The smallest absolute Gasteiger partial charge is 0.273 e. The zero-order chi connectivity index (χ0) is 18.6. The lowest BCUT2D eigenvalue weighted by molar-refractivity contribution is 0.0947. The van der Waals surface area contributed by atoms with Crippen LogP contribution in [0, 0.1) is 6.92 Å². The van der Waals surface area contributed by atoms with Gasteiger partial charge in [-0.25, -0.2) is 8.42 Å². The van der Waals surface area contributed by atoms with Crippen molar-refractivity contribution in [3.63, 3.8) is 0 Å². The van der Waals surface area contributed by atoms with Crippen molar-refractivity contribution in [2.75, 3.05) is 12.3 Å². The van der Waals surface area contributed by atoms with E-state index in [9.17, 15) is 13.2 Å². The van der Waals surface area contributed by atoms with Crippen molar-refractivity contribution < 1.29 is 17.7 Å². The summed E-state index contributed by atoms with van der Waals surface area (Å²) >= 11 is 0. The van der Waals surface area contributed by atoms with Crippen LogP contribution in [0.15, 0.2) is 70.1 Å². The van der Waals surface area contributed by atoms with Crippen LogP contribution in [0.25, 0.3) is 11.3 Å². The molecule has 26 heavy (non-hydrogen) atoms. The van der Waals surface area contributed by atoms with E-state index >= 15 is 0 Å². The number of carbonyl (C=O) groups is 1. The lowest BCUT2D eigenvalue weighted by Crippen LogP contribution is -2.29. The van der Waals surface area contributed by atoms with Gasteiger partial charge in [-0.2, -0.15) is 0 Å². The highest BCUT2D eigenvalue weighted by Gasteiger charge is 2.17. The molecule has 7 heteroatoms. The number of aromatic nitrogens is 1. The van der Waals surface area contributed by atoms with E-state index in [0.29, 0.717) is 5.76 Å². The molecule has 1 aromatic heterocycles. The maximum Gasteiger partial charge on any atom is 0.273 e. The van der Waals surface area contributed by atoms with Gasteiger partial charge in [-0.05, 0) is 19.1 Å². The molecule has 0 radical (unpaired) electrons. The van der Waals surface area contributed by atoms with E-state index < -0.39 is 15.7 Å². The molecule has 0 saturated carbocycles. The van der Waals surface area contributed by atoms with Gasteiger partial charge in [0.15, 0.2) is 21.3 Å². The molecule has 0 aliphatic rings. The van der Waals surface area contributed by atoms with Crippen LogP contribution < -0.4 is 5.32 Å². The highest BCUT2D eigenvalue weighted by Crippen LogP contribution is 2.20. The van der Waals surface area contributed by atoms with Gasteiger partial charge in [0.2, 0.25) is 0 Å². The summed E-state index contributed by atoms with van der Waals surface area (Å²) in [6, 6.07) is 17.3. The molecule has 0 spiro atoms. The minimum atomic E-state index is -3.44. The van der Waals surface area contributed by atoms with E-state index in [-0.39, 0.29) is 22.9 Å². The Morgan fingerprint density at radius 2 is 1.77 bits per heavy atom. The zero-order valence-corrected chi connectivity index (χ0v) is 15.0. The molecule has 6 nitrogen and oxygen atoms in total. The lowest BCUT2D eigenvalue weighted by atomic mass is 10.1. The topological polar surface area (TPSA) is 89.3 Å². The van der Waals surface area contributed by atoms with Gasteiger partial charge in [0, 0.05) is 18.2 Å². The van der Waals surface area contributed by atoms with E-state index in [1.807, 2.05) is 31.2 Å². The summed E-state index contributed by atoms with van der Waals surface area (Å²) in [6.45, 7) is 1.97. The number of hydrogen-bond donors (Lipinski definition) is 1. The second kappa shape index (κ2) is 7.53. The summed E-state index contributed by atoms with van der Waals surface area (Å²) in [5.41, 5.74) is 2.04. The number of carbonyl (C=O) groups excluding carboxylic acids is 1. The number of rotatable bonds is 6. The number of nitrogens with one attached hydrogen (secondary N) is 1. The molecule has 134 valence electrons. The summed E-state index contributed by atoms with van der Waals surface area (Å²) in [4.78, 5) is 12.4. The van der Waals surface area contributed by atoms with Crippen molar-refractivity contribution in [2.45, 2.75) is 11.8 Å². The number of benzene rings is 2. The highest BCUT2D eigenvalue weighted by atomic mass is 32.2. The molecule has 0 unspecified atom stereocenters. The number of sulfone groups is 1. The Balaban J connectivity index is 1.60. The normalized spacial score (nSPS) is 11.3. The molecule has 0 saturated heterocycles. The van der Waals surface area contributed by atoms with Crippen LogP contribution in [-0.2, 0) is 9.84 Å². The number of hydrogen-bond acceptors (Lipinski definition) is 5. The van der Waals surface area contributed by atoms with Gasteiger partial charge in [0.25, 0.3) is 5.91 Å². The van der Waals surface area contributed by atoms with Gasteiger partial charge in [-0.1, -0.05) is 53.2 Å². The van der Waals surface area contributed by atoms with Crippen LogP contribution in [-0.4, -0.2) is 31.8 Å².